The third kappa shape index (κ3) is 2.63. The van der Waals surface area contributed by atoms with E-state index in [0.29, 0.717) is 15.6 Å². The third-order valence-corrected chi connectivity index (χ3v) is 1.90. The van der Waals surface area contributed by atoms with E-state index in [2.05, 4.69) is 21.6 Å². The standard InChI is InChI=1S/C9H5Cl2NO2/c1-14-9(13)3-2-6-7(10)4-12-5-8(6)11/h4-5H,1H3. The number of esters is 1. The quantitative estimate of drug-likeness (QED) is 0.504. The van der Waals surface area contributed by atoms with Crippen molar-refractivity contribution in [3.63, 3.8) is 0 Å². The van der Waals surface area contributed by atoms with Crippen LogP contribution in [0.15, 0.2) is 12.4 Å². The Morgan fingerprint density at radius 2 is 2.00 bits per heavy atom. The Morgan fingerprint density at radius 1 is 1.43 bits per heavy atom. The zero-order valence-corrected chi connectivity index (χ0v) is 8.69. The van der Waals surface area contributed by atoms with Crippen LogP contribution in [0.3, 0.4) is 0 Å². The lowest BCUT2D eigenvalue weighted by atomic mass is 10.3. The van der Waals surface area contributed by atoms with Crippen molar-refractivity contribution in [2.75, 3.05) is 7.11 Å². The van der Waals surface area contributed by atoms with Gasteiger partial charge in [0.2, 0.25) is 0 Å². The van der Waals surface area contributed by atoms with Crippen LogP contribution < -0.4 is 0 Å². The molecule has 0 radical (unpaired) electrons. The lowest BCUT2D eigenvalue weighted by molar-refractivity contribution is -0.133. The van der Waals surface area contributed by atoms with Crippen LogP contribution >= 0.6 is 23.2 Å². The highest BCUT2D eigenvalue weighted by Crippen LogP contribution is 2.21. The minimum absolute atomic E-state index is 0.300. The first-order valence-electron chi connectivity index (χ1n) is 3.54. The van der Waals surface area contributed by atoms with Crippen LogP contribution in [0.4, 0.5) is 0 Å². The smallest absolute Gasteiger partial charge is 0.384 e. The first kappa shape index (κ1) is 10.8. The molecule has 1 rings (SSSR count). The summed E-state index contributed by atoms with van der Waals surface area (Å²) >= 11 is 11.5. The van der Waals surface area contributed by atoms with Crippen LogP contribution in [0.1, 0.15) is 5.56 Å². The molecule has 5 heteroatoms. The predicted octanol–water partition coefficient (Wildman–Crippen LogP) is 1.91. The fraction of sp³-hybridized carbons (Fsp3) is 0.111. The summed E-state index contributed by atoms with van der Waals surface area (Å²) in [6, 6.07) is 0. The molecule has 0 amide bonds. The molecule has 1 heterocycles. The molecule has 1 aromatic rings. The van der Waals surface area contributed by atoms with Gasteiger partial charge in [-0.25, -0.2) is 4.79 Å². The monoisotopic (exact) mass is 229 g/mol. The van der Waals surface area contributed by atoms with Crippen molar-refractivity contribution in [2.45, 2.75) is 0 Å². The molecule has 0 saturated carbocycles. The van der Waals surface area contributed by atoms with Gasteiger partial charge in [0.05, 0.1) is 22.7 Å². The molecule has 0 N–H and O–H groups in total. The summed E-state index contributed by atoms with van der Waals surface area (Å²) in [5.74, 6) is 4.08. The molecule has 1 aromatic heterocycles. The van der Waals surface area contributed by atoms with E-state index in [1.54, 1.807) is 0 Å². The number of pyridine rings is 1. The maximum Gasteiger partial charge on any atom is 0.384 e. The van der Waals surface area contributed by atoms with E-state index in [4.69, 9.17) is 23.2 Å². The number of ether oxygens (including phenoxy) is 1. The molecule has 3 nitrogen and oxygen atoms in total. The summed E-state index contributed by atoms with van der Waals surface area (Å²) in [7, 11) is 1.24. The molecule has 0 saturated heterocycles. The van der Waals surface area contributed by atoms with Gasteiger partial charge in [-0.3, -0.25) is 4.98 Å². The van der Waals surface area contributed by atoms with Crippen molar-refractivity contribution in [1.82, 2.24) is 4.98 Å². The molecule has 0 bridgehead atoms. The van der Waals surface area contributed by atoms with Gasteiger partial charge in [-0.15, -0.1) is 0 Å². The molecule has 0 atom stereocenters. The van der Waals surface area contributed by atoms with Crippen molar-refractivity contribution < 1.29 is 9.53 Å². The number of aromatic nitrogens is 1. The lowest BCUT2D eigenvalue weighted by Gasteiger charge is -1.96. The highest BCUT2D eigenvalue weighted by molar-refractivity contribution is 6.36. The molecule has 0 aliphatic heterocycles. The molecule has 14 heavy (non-hydrogen) atoms. The van der Waals surface area contributed by atoms with Crippen LogP contribution in [0.5, 0.6) is 0 Å². The molecule has 0 aliphatic carbocycles. The molecule has 0 aromatic carbocycles. The molecule has 0 spiro atoms. The van der Waals surface area contributed by atoms with Crippen LogP contribution in [0.2, 0.25) is 10.0 Å². The summed E-state index contributed by atoms with van der Waals surface area (Å²) in [5, 5.41) is 0.600. The van der Waals surface area contributed by atoms with Gasteiger partial charge in [0.15, 0.2) is 0 Å². The summed E-state index contributed by atoms with van der Waals surface area (Å²) in [5.41, 5.74) is 0.369. The van der Waals surface area contributed by atoms with E-state index < -0.39 is 5.97 Å². The number of carbonyl (C=O) groups is 1. The van der Waals surface area contributed by atoms with Crippen LogP contribution in [-0.2, 0) is 9.53 Å². The number of hydrogen-bond acceptors (Lipinski definition) is 3. The summed E-state index contributed by atoms with van der Waals surface area (Å²) in [6.07, 6.45) is 2.80. The van der Waals surface area contributed by atoms with E-state index in [-0.39, 0.29) is 0 Å². The van der Waals surface area contributed by atoms with Gasteiger partial charge >= 0.3 is 5.97 Å². The molecule has 0 fully saturated rings. The van der Waals surface area contributed by atoms with Gasteiger partial charge in [-0.2, -0.15) is 0 Å². The second-order valence-electron chi connectivity index (χ2n) is 2.22. The average molecular weight is 230 g/mol. The first-order valence-corrected chi connectivity index (χ1v) is 4.29. The second kappa shape index (κ2) is 4.85. The van der Waals surface area contributed by atoms with Crippen molar-refractivity contribution in [2.24, 2.45) is 0 Å². The maximum absolute atomic E-state index is 10.7. The van der Waals surface area contributed by atoms with E-state index in [1.165, 1.54) is 19.5 Å². The summed E-state index contributed by atoms with van der Waals surface area (Å²) < 4.78 is 4.34. The minimum Gasteiger partial charge on any atom is -0.459 e. The number of rotatable bonds is 0. The maximum atomic E-state index is 10.7. The van der Waals surface area contributed by atoms with Gasteiger partial charge in [0.25, 0.3) is 0 Å². The number of carbonyl (C=O) groups excluding carboxylic acids is 1. The fourth-order valence-corrected chi connectivity index (χ4v) is 1.15. The van der Waals surface area contributed by atoms with Crippen molar-refractivity contribution in [3.8, 4) is 11.8 Å². The van der Waals surface area contributed by atoms with E-state index in [0.717, 1.165) is 0 Å². The van der Waals surface area contributed by atoms with Crippen molar-refractivity contribution in [1.29, 1.82) is 0 Å². The zero-order valence-electron chi connectivity index (χ0n) is 7.17. The minimum atomic E-state index is -0.644. The van der Waals surface area contributed by atoms with Crippen LogP contribution in [0, 0.1) is 11.8 Å². The normalized spacial score (nSPS) is 8.79. The van der Waals surface area contributed by atoms with Gasteiger partial charge in [-0.1, -0.05) is 29.1 Å². The fourth-order valence-electron chi connectivity index (χ4n) is 0.695. The Bertz CT molecular complexity index is 400. The van der Waals surface area contributed by atoms with Crippen LogP contribution in [0.25, 0.3) is 0 Å². The Labute approximate surface area is 91.0 Å². The number of halogens is 2. The molecule has 72 valence electrons. The molecule has 0 aliphatic rings. The third-order valence-electron chi connectivity index (χ3n) is 1.33. The van der Waals surface area contributed by atoms with E-state index >= 15 is 0 Å². The van der Waals surface area contributed by atoms with E-state index in [9.17, 15) is 4.79 Å². The summed E-state index contributed by atoms with van der Waals surface area (Å²) in [4.78, 5) is 14.5. The second-order valence-corrected chi connectivity index (χ2v) is 3.03. The number of hydrogen-bond donors (Lipinski definition) is 0. The molecule has 0 unspecified atom stereocenters. The summed E-state index contributed by atoms with van der Waals surface area (Å²) in [6.45, 7) is 0. The van der Waals surface area contributed by atoms with E-state index in [1.807, 2.05) is 0 Å². The van der Waals surface area contributed by atoms with Gasteiger partial charge in [-0.05, 0) is 0 Å². The molecular weight excluding hydrogens is 225 g/mol. The number of methoxy groups -OCH3 is 1. The van der Waals surface area contributed by atoms with Crippen molar-refractivity contribution >= 4 is 29.2 Å². The molecular formula is C9H5Cl2NO2. The zero-order chi connectivity index (χ0) is 10.6. The highest BCUT2D eigenvalue weighted by atomic mass is 35.5. The van der Waals surface area contributed by atoms with Gasteiger partial charge in [0.1, 0.15) is 0 Å². The Morgan fingerprint density at radius 3 is 2.50 bits per heavy atom. The van der Waals surface area contributed by atoms with Gasteiger partial charge in [0, 0.05) is 18.3 Å². The lowest BCUT2D eigenvalue weighted by Crippen LogP contribution is -1.94. The number of nitrogens with zero attached hydrogens (tertiary/aromatic N) is 1. The Hall–Kier alpha value is -1.24. The first-order chi connectivity index (χ1) is 6.65. The Balaban J connectivity index is 3.06. The van der Waals surface area contributed by atoms with Gasteiger partial charge < -0.3 is 4.74 Å². The SMILES string of the molecule is COC(=O)C#Cc1c(Cl)cncc1Cl. The van der Waals surface area contributed by atoms with Crippen LogP contribution in [-0.4, -0.2) is 18.1 Å². The largest absolute Gasteiger partial charge is 0.459 e. The predicted molar refractivity (Wildman–Crippen MR) is 53.2 cm³/mol. The Kier molecular flexibility index (Phi) is 3.75. The topological polar surface area (TPSA) is 39.2 Å². The van der Waals surface area contributed by atoms with Crippen molar-refractivity contribution in [3.05, 3.63) is 28.0 Å². The highest BCUT2D eigenvalue weighted by Gasteiger charge is 2.02. The average Bonchev–Trinajstić information content (AvgIpc) is 2.16.